The number of hydrogen-bond acceptors (Lipinski definition) is 4. The van der Waals surface area contributed by atoms with E-state index in [0.717, 1.165) is 23.9 Å². The molecule has 1 atom stereocenters. The molecular weight excluding hydrogens is 318 g/mol. The van der Waals surface area contributed by atoms with Gasteiger partial charge in [0, 0.05) is 31.4 Å². The number of amides is 1. The minimum absolute atomic E-state index is 0.0531. The van der Waals surface area contributed by atoms with Gasteiger partial charge in [-0.15, -0.1) is 11.3 Å². The average molecular weight is 343 g/mol. The lowest BCUT2D eigenvalue weighted by atomic mass is 9.99. The zero-order chi connectivity index (χ0) is 17.1. The lowest BCUT2D eigenvalue weighted by Gasteiger charge is -2.25. The monoisotopic (exact) mass is 343 g/mol. The van der Waals surface area contributed by atoms with Crippen LogP contribution >= 0.6 is 11.3 Å². The summed E-state index contributed by atoms with van der Waals surface area (Å²) in [7, 11) is 0. The van der Waals surface area contributed by atoms with Crippen molar-refractivity contribution in [3.63, 3.8) is 0 Å². The molecule has 0 bridgehead atoms. The number of hydrogen-bond donors (Lipinski definition) is 0. The average Bonchev–Trinajstić information content (AvgIpc) is 3.19. The van der Waals surface area contributed by atoms with Crippen molar-refractivity contribution in [1.29, 1.82) is 0 Å². The van der Waals surface area contributed by atoms with Crippen LogP contribution < -0.4 is 4.90 Å². The van der Waals surface area contributed by atoms with E-state index in [1.165, 1.54) is 24.0 Å². The molecule has 1 fully saturated rings. The molecule has 0 aliphatic carbocycles. The van der Waals surface area contributed by atoms with E-state index in [2.05, 4.69) is 41.5 Å². The quantitative estimate of drug-likeness (QED) is 0.818. The molecule has 0 unspecified atom stereocenters. The van der Waals surface area contributed by atoms with Crippen LogP contribution in [0.2, 0.25) is 0 Å². The first-order chi connectivity index (χ1) is 11.6. The molecule has 0 saturated carbocycles. The molecule has 4 nitrogen and oxygen atoms in total. The molecule has 2 heterocycles. The Labute approximate surface area is 148 Å². The van der Waals surface area contributed by atoms with Crippen LogP contribution in [0.5, 0.6) is 0 Å². The normalized spacial score (nSPS) is 18.0. The topological polar surface area (TPSA) is 36.4 Å². The fraction of sp³-hybridized carbons (Fsp3) is 0.474. The van der Waals surface area contributed by atoms with Crippen molar-refractivity contribution in [2.45, 2.75) is 46.2 Å². The summed E-state index contributed by atoms with van der Waals surface area (Å²) >= 11 is 1.56. The van der Waals surface area contributed by atoms with Gasteiger partial charge in [0.2, 0.25) is 5.91 Å². The second-order valence-corrected chi connectivity index (χ2v) is 7.21. The molecule has 1 aliphatic rings. The summed E-state index contributed by atoms with van der Waals surface area (Å²) < 4.78 is 0. The summed E-state index contributed by atoms with van der Waals surface area (Å²) in [6.45, 7) is 8.40. The first kappa shape index (κ1) is 17.1. The van der Waals surface area contributed by atoms with Gasteiger partial charge in [-0.25, -0.2) is 4.98 Å². The third-order valence-corrected chi connectivity index (χ3v) is 5.66. The molecule has 1 aromatic heterocycles. The van der Waals surface area contributed by atoms with E-state index in [0.29, 0.717) is 12.6 Å². The Morgan fingerprint density at radius 1 is 1.42 bits per heavy atom. The maximum atomic E-state index is 11.7. The molecule has 0 spiro atoms. The number of aromatic nitrogens is 1. The highest BCUT2D eigenvalue weighted by Gasteiger charge is 2.27. The number of likely N-dealkylation sites (tertiary alicyclic amines) is 1. The Kier molecular flexibility index (Phi) is 5.31. The first-order valence-electron chi connectivity index (χ1n) is 8.62. The Hall–Kier alpha value is -1.72. The van der Waals surface area contributed by atoms with Gasteiger partial charge in [0.1, 0.15) is 0 Å². The standard InChI is InChI=1S/C19H25N3OS/c1-4-22(15(3)23)19-20-16(13-24-19)12-21-11-7-10-18(21)17-9-6-5-8-14(17)2/h5-6,8-9,13,18H,4,7,10-12H2,1-3H3/t18-/m1/s1. The van der Waals surface area contributed by atoms with Crippen molar-refractivity contribution in [2.24, 2.45) is 0 Å². The van der Waals surface area contributed by atoms with Crippen molar-refractivity contribution in [1.82, 2.24) is 9.88 Å². The number of nitrogens with zero attached hydrogens (tertiary/aromatic N) is 3. The van der Waals surface area contributed by atoms with Gasteiger partial charge in [-0.05, 0) is 44.4 Å². The van der Waals surface area contributed by atoms with Gasteiger partial charge in [0.15, 0.2) is 5.13 Å². The largest absolute Gasteiger partial charge is 0.290 e. The Morgan fingerprint density at radius 2 is 2.21 bits per heavy atom. The van der Waals surface area contributed by atoms with E-state index in [-0.39, 0.29) is 5.91 Å². The van der Waals surface area contributed by atoms with Crippen LogP contribution in [-0.2, 0) is 11.3 Å². The van der Waals surface area contributed by atoms with Gasteiger partial charge >= 0.3 is 0 Å². The van der Waals surface area contributed by atoms with E-state index < -0.39 is 0 Å². The van der Waals surface area contributed by atoms with Crippen LogP contribution in [0.15, 0.2) is 29.6 Å². The minimum Gasteiger partial charge on any atom is -0.290 e. The summed E-state index contributed by atoms with van der Waals surface area (Å²) in [5.41, 5.74) is 3.86. The third kappa shape index (κ3) is 3.52. The molecule has 24 heavy (non-hydrogen) atoms. The van der Waals surface area contributed by atoms with Crippen LogP contribution in [0.25, 0.3) is 0 Å². The summed E-state index contributed by atoms with van der Waals surface area (Å²) in [5, 5.41) is 2.90. The molecule has 3 rings (SSSR count). The Morgan fingerprint density at radius 3 is 2.92 bits per heavy atom. The zero-order valence-corrected chi connectivity index (χ0v) is 15.5. The molecule has 5 heteroatoms. The molecule has 2 aromatic rings. The van der Waals surface area contributed by atoms with Gasteiger partial charge in [0.05, 0.1) is 5.69 Å². The molecular formula is C19H25N3OS. The summed E-state index contributed by atoms with van der Waals surface area (Å²) in [6, 6.07) is 9.15. The van der Waals surface area contributed by atoms with Gasteiger partial charge in [0.25, 0.3) is 0 Å². The highest BCUT2D eigenvalue weighted by Crippen LogP contribution is 2.35. The van der Waals surface area contributed by atoms with Crippen LogP contribution in [-0.4, -0.2) is 28.9 Å². The van der Waals surface area contributed by atoms with Gasteiger partial charge in [-0.1, -0.05) is 24.3 Å². The first-order valence-corrected chi connectivity index (χ1v) is 9.50. The summed E-state index contributed by atoms with van der Waals surface area (Å²) in [4.78, 5) is 20.6. The van der Waals surface area contributed by atoms with Crippen molar-refractivity contribution in [3.8, 4) is 0 Å². The smallest absolute Gasteiger partial charge is 0.225 e. The van der Waals surface area contributed by atoms with E-state index in [1.54, 1.807) is 23.2 Å². The number of carbonyl (C=O) groups excluding carboxylic acids is 1. The Balaban J connectivity index is 1.75. The number of benzene rings is 1. The van der Waals surface area contributed by atoms with Crippen molar-refractivity contribution < 1.29 is 4.79 Å². The molecule has 1 amide bonds. The van der Waals surface area contributed by atoms with E-state index >= 15 is 0 Å². The molecule has 1 aromatic carbocycles. The lowest BCUT2D eigenvalue weighted by molar-refractivity contribution is -0.116. The van der Waals surface area contributed by atoms with Crippen molar-refractivity contribution in [2.75, 3.05) is 18.0 Å². The fourth-order valence-corrected chi connectivity index (χ4v) is 4.45. The maximum Gasteiger partial charge on any atom is 0.225 e. The number of anilines is 1. The minimum atomic E-state index is 0.0531. The van der Waals surface area contributed by atoms with Crippen molar-refractivity contribution in [3.05, 3.63) is 46.5 Å². The van der Waals surface area contributed by atoms with E-state index in [9.17, 15) is 4.79 Å². The molecule has 1 aliphatic heterocycles. The highest BCUT2D eigenvalue weighted by molar-refractivity contribution is 7.14. The van der Waals surface area contributed by atoms with Gasteiger partial charge < -0.3 is 0 Å². The second-order valence-electron chi connectivity index (χ2n) is 6.37. The fourth-order valence-electron chi connectivity index (χ4n) is 3.52. The highest BCUT2D eigenvalue weighted by atomic mass is 32.1. The molecule has 0 N–H and O–H groups in total. The van der Waals surface area contributed by atoms with E-state index in [1.807, 2.05) is 6.92 Å². The number of rotatable bonds is 5. The van der Waals surface area contributed by atoms with Crippen LogP contribution in [0.3, 0.4) is 0 Å². The van der Waals surface area contributed by atoms with Crippen molar-refractivity contribution >= 4 is 22.4 Å². The Bertz CT molecular complexity index is 712. The van der Waals surface area contributed by atoms with Crippen LogP contribution in [0.1, 0.15) is 49.6 Å². The van der Waals surface area contributed by atoms with Crippen LogP contribution in [0.4, 0.5) is 5.13 Å². The molecule has 128 valence electrons. The van der Waals surface area contributed by atoms with Gasteiger partial charge in [-0.3, -0.25) is 14.6 Å². The number of carbonyl (C=O) groups is 1. The summed E-state index contributed by atoms with van der Waals surface area (Å²) in [6.07, 6.45) is 2.43. The molecule has 0 radical (unpaired) electrons. The zero-order valence-electron chi connectivity index (χ0n) is 14.7. The second kappa shape index (κ2) is 7.45. The molecule has 1 saturated heterocycles. The van der Waals surface area contributed by atoms with Gasteiger partial charge in [-0.2, -0.15) is 0 Å². The van der Waals surface area contributed by atoms with E-state index in [4.69, 9.17) is 4.98 Å². The number of aryl methyl sites for hydroxylation is 1. The summed E-state index contributed by atoms with van der Waals surface area (Å²) in [5.74, 6) is 0.0531. The predicted octanol–water partition coefficient (Wildman–Crippen LogP) is 4.16. The lowest BCUT2D eigenvalue weighted by Crippen LogP contribution is -2.28. The predicted molar refractivity (Wildman–Crippen MR) is 99.4 cm³/mol. The SMILES string of the molecule is CCN(C(C)=O)c1nc(CN2CCC[C@@H]2c2ccccc2C)cs1. The third-order valence-electron chi connectivity index (χ3n) is 4.74. The maximum absolute atomic E-state index is 11.7. The number of thiazole rings is 1. The van der Waals surface area contributed by atoms with Crippen LogP contribution in [0, 0.1) is 6.92 Å².